The molecule has 2 aromatic carbocycles. The average molecular weight is 428 g/mol. The van der Waals surface area contributed by atoms with Crippen LogP contribution >= 0.6 is 11.6 Å². The molecule has 0 atom stereocenters. The molecule has 3 rings (SSSR count). The Labute approximate surface area is 174 Å². The molecule has 1 aromatic heterocycles. The molecule has 29 heavy (non-hydrogen) atoms. The Kier molecular flexibility index (Phi) is 6.77. The largest absolute Gasteiger partial charge is 0.323 e. The van der Waals surface area contributed by atoms with Crippen LogP contribution in [0, 0.1) is 0 Å². The van der Waals surface area contributed by atoms with E-state index in [2.05, 4.69) is 15.0 Å². The molecule has 8 heteroatoms. The molecule has 0 saturated heterocycles. The van der Waals surface area contributed by atoms with Crippen molar-refractivity contribution in [3.8, 4) is 0 Å². The number of pyridine rings is 1. The summed E-state index contributed by atoms with van der Waals surface area (Å²) in [6.45, 7) is 0.126. The van der Waals surface area contributed by atoms with E-state index in [-0.39, 0.29) is 17.3 Å². The van der Waals surface area contributed by atoms with Gasteiger partial charge in [-0.25, -0.2) is 13.1 Å². The first-order valence-corrected chi connectivity index (χ1v) is 10.5. The number of nitrogens with zero attached hydrogens (tertiary/aromatic N) is 1. The average Bonchev–Trinajstić information content (AvgIpc) is 2.72. The lowest BCUT2D eigenvalue weighted by Crippen LogP contribution is -2.23. The lowest BCUT2D eigenvalue weighted by atomic mass is 10.2. The van der Waals surface area contributed by atoms with Crippen LogP contribution in [0.4, 0.5) is 5.69 Å². The molecule has 1 amide bonds. The van der Waals surface area contributed by atoms with E-state index in [0.29, 0.717) is 10.7 Å². The van der Waals surface area contributed by atoms with E-state index in [1.54, 1.807) is 54.9 Å². The summed E-state index contributed by atoms with van der Waals surface area (Å²) in [6, 6.07) is 16.4. The van der Waals surface area contributed by atoms with Crippen molar-refractivity contribution in [2.75, 3.05) is 5.32 Å². The van der Waals surface area contributed by atoms with Crippen LogP contribution in [0.1, 0.15) is 11.1 Å². The maximum Gasteiger partial charge on any atom is 0.248 e. The normalized spacial score (nSPS) is 11.5. The molecule has 3 aromatic rings. The van der Waals surface area contributed by atoms with Crippen LogP contribution in [0.15, 0.2) is 84.0 Å². The fourth-order valence-corrected chi connectivity index (χ4v) is 3.69. The molecule has 0 radical (unpaired) electrons. The summed E-state index contributed by atoms with van der Waals surface area (Å²) in [4.78, 5) is 16.0. The van der Waals surface area contributed by atoms with Crippen molar-refractivity contribution in [3.63, 3.8) is 0 Å². The number of rotatable bonds is 7. The van der Waals surface area contributed by atoms with Crippen LogP contribution in [0.25, 0.3) is 6.08 Å². The maximum absolute atomic E-state index is 12.4. The highest BCUT2D eigenvalue weighted by atomic mass is 35.5. The SMILES string of the molecule is O=C(/C=C/c1ccncc1)Nc1ccc(S(=O)(=O)NCc2cccc(Cl)c2)cc1. The molecule has 0 aliphatic rings. The Morgan fingerprint density at radius 3 is 2.45 bits per heavy atom. The minimum Gasteiger partial charge on any atom is -0.323 e. The van der Waals surface area contributed by atoms with Crippen molar-refractivity contribution in [1.29, 1.82) is 0 Å². The van der Waals surface area contributed by atoms with Crippen LogP contribution in [0.2, 0.25) is 5.02 Å². The lowest BCUT2D eigenvalue weighted by molar-refractivity contribution is -0.111. The predicted octanol–water partition coefficient (Wildman–Crippen LogP) is 3.87. The highest BCUT2D eigenvalue weighted by molar-refractivity contribution is 7.89. The standard InChI is InChI=1S/C21H18ClN3O3S/c22-18-3-1-2-17(14-18)15-24-29(27,28)20-7-5-19(6-8-20)25-21(26)9-4-16-10-12-23-13-11-16/h1-14,24H,15H2,(H,25,26)/b9-4+. The van der Waals surface area contributed by atoms with Crippen molar-refractivity contribution in [2.24, 2.45) is 0 Å². The van der Waals surface area contributed by atoms with E-state index in [1.807, 2.05) is 0 Å². The number of benzene rings is 2. The summed E-state index contributed by atoms with van der Waals surface area (Å²) in [5, 5.41) is 3.23. The lowest BCUT2D eigenvalue weighted by Gasteiger charge is -2.08. The number of carbonyl (C=O) groups excluding carboxylic acids is 1. The molecular formula is C21H18ClN3O3S. The number of nitrogens with one attached hydrogen (secondary N) is 2. The smallest absolute Gasteiger partial charge is 0.248 e. The van der Waals surface area contributed by atoms with Crippen molar-refractivity contribution in [2.45, 2.75) is 11.4 Å². The number of hydrogen-bond donors (Lipinski definition) is 2. The number of carbonyl (C=O) groups is 1. The molecular weight excluding hydrogens is 410 g/mol. The summed E-state index contributed by atoms with van der Waals surface area (Å²) in [5.74, 6) is -0.323. The molecule has 0 fully saturated rings. The van der Waals surface area contributed by atoms with E-state index >= 15 is 0 Å². The number of amides is 1. The summed E-state index contributed by atoms with van der Waals surface area (Å²) >= 11 is 5.91. The number of sulfonamides is 1. The predicted molar refractivity (Wildman–Crippen MR) is 114 cm³/mol. The summed E-state index contributed by atoms with van der Waals surface area (Å²) < 4.78 is 27.4. The van der Waals surface area contributed by atoms with E-state index in [4.69, 9.17) is 11.6 Å². The van der Waals surface area contributed by atoms with Crippen molar-refractivity contribution in [3.05, 3.63) is 95.3 Å². The van der Waals surface area contributed by atoms with Gasteiger partial charge in [-0.3, -0.25) is 9.78 Å². The Morgan fingerprint density at radius 2 is 1.76 bits per heavy atom. The first-order chi connectivity index (χ1) is 13.9. The number of hydrogen-bond acceptors (Lipinski definition) is 4. The van der Waals surface area contributed by atoms with Gasteiger partial charge in [0, 0.05) is 35.7 Å². The first-order valence-electron chi connectivity index (χ1n) is 8.66. The molecule has 0 bridgehead atoms. The molecule has 0 aliphatic carbocycles. The topological polar surface area (TPSA) is 88.2 Å². The van der Waals surface area contributed by atoms with E-state index in [0.717, 1.165) is 11.1 Å². The summed E-state index contributed by atoms with van der Waals surface area (Å²) in [5.41, 5.74) is 2.09. The van der Waals surface area contributed by atoms with Gasteiger partial charge in [-0.05, 0) is 65.7 Å². The molecule has 0 saturated carbocycles. The first kappa shape index (κ1) is 20.7. The van der Waals surface area contributed by atoms with Crippen molar-refractivity contribution < 1.29 is 13.2 Å². The Morgan fingerprint density at radius 1 is 1.03 bits per heavy atom. The zero-order valence-corrected chi connectivity index (χ0v) is 16.8. The zero-order valence-electron chi connectivity index (χ0n) is 15.2. The number of halogens is 1. The Balaban J connectivity index is 1.60. The van der Waals surface area contributed by atoms with Gasteiger partial charge in [-0.2, -0.15) is 0 Å². The van der Waals surface area contributed by atoms with Gasteiger partial charge in [0.2, 0.25) is 15.9 Å². The van der Waals surface area contributed by atoms with Gasteiger partial charge in [0.05, 0.1) is 4.90 Å². The summed E-state index contributed by atoms with van der Waals surface area (Å²) in [6.07, 6.45) is 6.33. The van der Waals surface area contributed by atoms with Gasteiger partial charge in [0.25, 0.3) is 0 Å². The Hall–Kier alpha value is -3.00. The minimum atomic E-state index is -3.69. The van der Waals surface area contributed by atoms with Gasteiger partial charge in [-0.15, -0.1) is 0 Å². The monoisotopic (exact) mass is 427 g/mol. The molecule has 148 valence electrons. The van der Waals surface area contributed by atoms with E-state index in [1.165, 1.54) is 30.3 Å². The molecule has 6 nitrogen and oxygen atoms in total. The third kappa shape index (κ3) is 6.25. The zero-order chi connectivity index (χ0) is 20.7. The van der Waals surface area contributed by atoms with Crippen molar-refractivity contribution >= 4 is 39.3 Å². The second-order valence-electron chi connectivity index (χ2n) is 6.08. The maximum atomic E-state index is 12.4. The Bertz CT molecular complexity index is 1120. The molecule has 1 heterocycles. The fraction of sp³-hybridized carbons (Fsp3) is 0.0476. The van der Waals surface area contributed by atoms with Crippen molar-refractivity contribution in [1.82, 2.24) is 9.71 Å². The third-order valence-corrected chi connectivity index (χ3v) is 5.57. The molecule has 0 spiro atoms. The number of anilines is 1. The summed E-state index contributed by atoms with van der Waals surface area (Å²) in [7, 11) is -3.69. The second kappa shape index (κ2) is 9.47. The quantitative estimate of drug-likeness (QED) is 0.560. The van der Waals surface area contributed by atoms with Crippen LogP contribution in [-0.2, 0) is 21.4 Å². The third-order valence-electron chi connectivity index (χ3n) is 3.92. The van der Waals surface area contributed by atoms with Gasteiger partial charge < -0.3 is 5.32 Å². The van der Waals surface area contributed by atoms with E-state index < -0.39 is 10.0 Å². The van der Waals surface area contributed by atoms with Gasteiger partial charge in [-0.1, -0.05) is 23.7 Å². The van der Waals surface area contributed by atoms with E-state index in [9.17, 15) is 13.2 Å². The van der Waals surface area contributed by atoms with Gasteiger partial charge in [0.1, 0.15) is 0 Å². The highest BCUT2D eigenvalue weighted by Crippen LogP contribution is 2.16. The van der Waals surface area contributed by atoms with Crippen LogP contribution in [0.5, 0.6) is 0 Å². The van der Waals surface area contributed by atoms with Crippen LogP contribution in [0.3, 0.4) is 0 Å². The molecule has 0 unspecified atom stereocenters. The number of aromatic nitrogens is 1. The van der Waals surface area contributed by atoms with Crippen LogP contribution in [-0.4, -0.2) is 19.3 Å². The van der Waals surface area contributed by atoms with Gasteiger partial charge >= 0.3 is 0 Å². The highest BCUT2D eigenvalue weighted by Gasteiger charge is 2.13. The molecule has 2 N–H and O–H groups in total. The van der Waals surface area contributed by atoms with Gasteiger partial charge in [0.15, 0.2) is 0 Å². The molecule has 0 aliphatic heterocycles. The second-order valence-corrected chi connectivity index (χ2v) is 8.29. The minimum absolute atomic E-state index is 0.102. The van der Waals surface area contributed by atoms with Crippen LogP contribution < -0.4 is 10.0 Å². The fourth-order valence-electron chi connectivity index (χ4n) is 2.46.